The molecule has 0 aliphatic carbocycles. The van der Waals surface area contributed by atoms with Gasteiger partial charge >= 0.3 is 11.9 Å². The predicted molar refractivity (Wildman–Crippen MR) is 85.1 cm³/mol. The van der Waals surface area contributed by atoms with Gasteiger partial charge < -0.3 is 14.8 Å². The first-order valence-corrected chi connectivity index (χ1v) is 7.47. The summed E-state index contributed by atoms with van der Waals surface area (Å²) in [4.78, 5) is 35.6. The number of benzene rings is 1. The highest BCUT2D eigenvalue weighted by Crippen LogP contribution is 2.09. The molecule has 0 unspecified atom stereocenters. The third-order valence-corrected chi connectivity index (χ3v) is 3.37. The standard InChI is InChI=1S/C17H20N2O5/c1-23-16(21)13-8-6-7-12(11-13)15(20)19-14(17(22)24-2)9-4-3-5-10-18/h6-8,11,14H,3-5,9H2,1-2H3,(H,19,20)/t14-/m1/s1. The van der Waals surface area contributed by atoms with E-state index in [0.29, 0.717) is 25.7 Å². The summed E-state index contributed by atoms with van der Waals surface area (Å²) < 4.78 is 9.31. The lowest BCUT2D eigenvalue weighted by Crippen LogP contribution is -2.41. The molecular formula is C17H20N2O5. The number of ether oxygens (including phenoxy) is 2. The first kappa shape index (κ1) is 19.2. The highest BCUT2D eigenvalue weighted by Gasteiger charge is 2.22. The van der Waals surface area contributed by atoms with Crippen molar-refractivity contribution in [3.05, 3.63) is 35.4 Å². The highest BCUT2D eigenvalue weighted by atomic mass is 16.5. The summed E-state index contributed by atoms with van der Waals surface area (Å²) in [6.07, 6.45) is 2.01. The minimum atomic E-state index is -0.803. The van der Waals surface area contributed by atoms with E-state index in [4.69, 9.17) is 10.00 Å². The molecular weight excluding hydrogens is 312 g/mol. The third kappa shape index (κ3) is 5.72. The van der Waals surface area contributed by atoms with Gasteiger partial charge in [-0.25, -0.2) is 9.59 Å². The molecule has 128 valence electrons. The molecule has 1 aromatic carbocycles. The van der Waals surface area contributed by atoms with E-state index in [1.165, 1.54) is 32.4 Å². The topological polar surface area (TPSA) is 105 Å². The average molecular weight is 332 g/mol. The average Bonchev–Trinajstić information content (AvgIpc) is 2.62. The van der Waals surface area contributed by atoms with Gasteiger partial charge in [0.25, 0.3) is 5.91 Å². The molecule has 0 bridgehead atoms. The highest BCUT2D eigenvalue weighted by molar-refractivity contribution is 5.99. The fourth-order valence-electron chi connectivity index (χ4n) is 2.09. The van der Waals surface area contributed by atoms with Gasteiger partial charge in [-0.05, 0) is 37.5 Å². The maximum Gasteiger partial charge on any atom is 0.337 e. The van der Waals surface area contributed by atoms with Gasteiger partial charge in [-0.1, -0.05) is 6.07 Å². The van der Waals surface area contributed by atoms with Crippen LogP contribution in [0.25, 0.3) is 0 Å². The number of methoxy groups -OCH3 is 2. The zero-order chi connectivity index (χ0) is 17.9. The molecule has 7 heteroatoms. The fraction of sp³-hybridized carbons (Fsp3) is 0.412. The fourth-order valence-corrected chi connectivity index (χ4v) is 2.09. The Hall–Kier alpha value is -2.88. The molecule has 7 nitrogen and oxygen atoms in total. The summed E-state index contributed by atoms with van der Waals surface area (Å²) in [5, 5.41) is 11.1. The first-order valence-electron chi connectivity index (χ1n) is 7.47. The van der Waals surface area contributed by atoms with Crippen LogP contribution in [0, 0.1) is 11.3 Å². The van der Waals surface area contributed by atoms with E-state index in [-0.39, 0.29) is 11.1 Å². The van der Waals surface area contributed by atoms with Gasteiger partial charge in [0, 0.05) is 12.0 Å². The van der Waals surface area contributed by atoms with Crippen molar-refractivity contribution in [2.45, 2.75) is 31.7 Å². The summed E-state index contributed by atoms with van der Waals surface area (Å²) in [5.41, 5.74) is 0.484. The van der Waals surface area contributed by atoms with Crippen LogP contribution in [0.15, 0.2) is 24.3 Å². The van der Waals surface area contributed by atoms with Gasteiger partial charge in [0.15, 0.2) is 0 Å². The van der Waals surface area contributed by atoms with E-state index < -0.39 is 23.9 Å². The van der Waals surface area contributed by atoms with Crippen molar-refractivity contribution in [2.24, 2.45) is 0 Å². The molecule has 24 heavy (non-hydrogen) atoms. The van der Waals surface area contributed by atoms with Gasteiger partial charge in [0.2, 0.25) is 0 Å². The SMILES string of the molecule is COC(=O)c1cccc(C(=O)N[C@H](CCCCC#N)C(=O)OC)c1. The van der Waals surface area contributed by atoms with Crippen LogP contribution in [0.3, 0.4) is 0 Å². The van der Waals surface area contributed by atoms with Crippen molar-refractivity contribution in [3.8, 4) is 6.07 Å². The second kappa shape index (κ2) is 10.0. The molecule has 0 fully saturated rings. The molecule has 1 N–H and O–H groups in total. The maximum atomic E-state index is 12.3. The van der Waals surface area contributed by atoms with Gasteiger partial charge in [-0.15, -0.1) is 0 Å². The van der Waals surface area contributed by atoms with Gasteiger partial charge in [0.05, 0.1) is 25.9 Å². The molecule has 0 saturated heterocycles. The molecule has 0 radical (unpaired) electrons. The summed E-state index contributed by atoms with van der Waals surface area (Å²) in [6, 6.07) is 7.24. The van der Waals surface area contributed by atoms with E-state index in [1.807, 2.05) is 6.07 Å². The van der Waals surface area contributed by atoms with Crippen LogP contribution in [-0.2, 0) is 14.3 Å². The van der Waals surface area contributed by atoms with Crippen molar-refractivity contribution in [1.82, 2.24) is 5.32 Å². The van der Waals surface area contributed by atoms with E-state index in [0.717, 1.165) is 0 Å². The van der Waals surface area contributed by atoms with Crippen LogP contribution in [-0.4, -0.2) is 38.1 Å². The normalized spacial score (nSPS) is 11.0. The summed E-state index contributed by atoms with van der Waals surface area (Å²) in [6.45, 7) is 0. The number of hydrogen-bond donors (Lipinski definition) is 1. The second-order valence-corrected chi connectivity index (χ2v) is 5.03. The number of amides is 1. The van der Waals surface area contributed by atoms with Gasteiger partial charge in [-0.2, -0.15) is 5.26 Å². The minimum Gasteiger partial charge on any atom is -0.467 e. The van der Waals surface area contributed by atoms with Crippen molar-refractivity contribution >= 4 is 17.8 Å². The number of carbonyl (C=O) groups is 3. The van der Waals surface area contributed by atoms with Crippen LogP contribution >= 0.6 is 0 Å². The number of esters is 2. The van der Waals surface area contributed by atoms with Crippen LogP contribution in [0.4, 0.5) is 0 Å². The maximum absolute atomic E-state index is 12.3. The summed E-state index contributed by atoms with van der Waals surface area (Å²) in [7, 11) is 2.50. The third-order valence-electron chi connectivity index (χ3n) is 3.37. The quantitative estimate of drug-likeness (QED) is 0.575. The number of nitriles is 1. The molecule has 1 aromatic rings. The molecule has 1 amide bonds. The Balaban J connectivity index is 2.78. The number of carbonyl (C=O) groups excluding carboxylic acids is 3. The van der Waals surface area contributed by atoms with Crippen molar-refractivity contribution < 1.29 is 23.9 Å². The molecule has 0 aromatic heterocycles. The lowest BCUT2D eigenvalue weighted by atomic mass is 10.1. The number of nitrogens with zero attached hydrogens (tertiary/aromatic N) is 1. The zero-order valence-corrected chi connectivity index (χ0v) is 13.7. The Kier molecular flexibility index (Phi) is 7.99. The second-order valence-electron chi connectivity index (χ2n) is 5.03. The Morgan fingerprint density at radius 1 is 1.17 bits per heavy atom. The van der Waals surface area contributed by atoms with Crippen molar-refractivity contribution in [3.63, 3.8) is 0 Å². The molecule has 0 aliphatic rings. The number of unbranched alkanes of at least 4 members (excludes halogenated alkanes) is 2. The van der Waals surface area contributed by atoms with E-state index >= 15 is 0 Å². The van der Waals surface area contributed by atoms with Crippen LogP contribution in [0.1, 0.15) is 46.4 Å². The molecule has 0 saturated carbocycles. The lowest BCUT2D eigenvalue weighted by Gasteiger charge is -2.16. The Morgan fingerprint density at radius 3 is 2.50 bits per heavy atom. The van der Waals surface area contributed by atoms with Crippen LogP contribution in [0.5, 0.6) is 0 Å². The van der Waals surface area contributed by atoms with E-state index in [9.17, 15) is 14.4 Å². The van der Waals surface area contributed by atoms with Crippen molar-refractivity contribution in [1.29, 1.82) is 5.26 Å². The molecule has 0 spiro atoms. The van der Waals surface area contributed by atoms with Crippen molar-refractivity contribution in [2.75, 3.05) is 14.2 Å². The number of hydrogen-bond acceptors (Lipinski definition) is 6. The first-order chi connectivity index (χ1) is 11.5. The lowest BCUT2D eigenvalue weighted by molar-refractivity contribution is -0.143. The van der Waals surface area contributed by atoms with E-state index in [1.54, 1.807) is 6.07 Å². The zero-order valence-electron chi connectivity index (χ0n) is 13.7. The Bertz CT molecular complexity index is 636. The van der Waals surface area contributed by atoms with Gasteiger partial charge in [0.1, 0.15) is 6.04 Å². The molecule has 1 rings (SSSR count). The largest absolute Gasteiger partial charge is 0.467 e. The van der Waals surface area contributed by atoms with Crippen LogP contribution in [0.2, 0.25) is 0 Å². The molecule has 0 heterocycles. The molecule has 1 atom stereocenters. The van der Waals surface area contributed by atoms with E-state index in [2.05, 4.69) is 10.1 Å². The smallest absolute Gasteiger partial charge is 0.337 e. The summed E-state index contributed by atoms with van der Waals surface area (Å²) >= 11 is 0. The monoisotopic (exact) mass is 332 g/mol. The Labute approximate surface area is 140 Å². The van der Waals surface area contributed by atoms with Crippen LogP contribution < -0.4 is 5.32 Å². The molecule has 0 aliphatic heterocycles. The number of nitrogens with one attached hydrogen (secondary N) is 1. The Morgan fingerprint density at radius 2 is 1.88 bits per heavy atom. The summed E-state index contributed by atoms with van der Waals surface area (Å²) in [5.74, 6) is -1.59. The van der Waals surface area contributed by atoms with Gasteiger partial charge in [-0.3, -0.25) is 4.79 Å². The minimum absolute atomic E-state index is 0.240. The number of rotatable bonds is 8. The predicted octanol–water partition coefficient (Wildman–Crippen LogP) is 1.83.